The minimum Gasteiger partial charge on any atom is -0.497 e. The van der Waals surface area contributed by atoms with Crippen molar-refractivity contribution in [1.82, 2.24) is 14.7 Å². The van der Waals surface area contributed by atoms with Crippen LogP contribution in [0.2, 0.25) is 0 Å². The predicted molar refractivity (Wildman–Crippen MR) is 133 cm³/mol. The van der Waals surface area contributed by atoms with E-state index in [0.717, 1.165) is 75.9 Å². The molecule has 7 heteroatoms. The third-order valence-electron chi connectivity index (χ3n) is 6.63. The zero-order chi connectivity index (χ0) is 23.8. The second-order valence-electron chi connectivity index (χ2n) is 8.98. The number of piperidine rings is 1. The Morgan fingerprint density at radius 1 is 0.882 bits per heavy atom. The van der Waals surface area contributed by atoms with Crippen molar-refractivity contribution < 1.29 is 19.0 Å². The lowest BCUT2D eigenvalue weighted by molar-refractivity contribution is -0.134. The van der Waals surface area contributed by atoms with E-state index in [4.69, 9.17) is 14.2 Å². The number of carbonyl (C=O) groups is 1. The highest BCUT2D eigenvalue weighted by molar-refractivity contribution is 5.78. The van der Waals surface area contributed by atoms with Crippen LogP contribution in [0.25, 0.3) is 0 Å². The predicted octanol–water partition coefficient (Wildman–Crippen LogP) is 3.28. The number of rotatable bonds is 9. The van der Waals surface area contributed by atoms with Gasteiger partial charge >= 0.3 is 0 Å². The third kappa shape index (κ3) is 6.64. The molecular formula is C27H37N3O4. The number of hydrogen-bond donors (Lipinski definition) is 0. The molecule has 0 atom stereocenters. The molecule has 0 aliphatic carbocycles. The molecule has 2 aliphatic rings. The first-order valence-electron chi connectivity index (χ1n) is 12.4. The van der Waals surface area contributed by atoms with E-state index in [1.165, 1.54) is 5.56 Å². The Bertz CT molecular complexity index is 904. The molecule has 0 radical (unpaired) electrons. The van der Waals surface area contributed by atoms with Crippen LogP contribution in [-0.4, -0.2) is 86.2 Å². The fourth-order valence-corrected chi connectivity index (χ4v) is 4.62. The summed E-state index contributed by atoms with van der Waals surface area (Å²) in [7, 11) is 1.68. The molecule has 0 spiro atoms. The summed E-state index contributed by atoms with van der Waals surface area (Å²) in [5.74, 6) is 2.73. The number of methoxy groups -OCH3 is 1. The second kappa shape index (κ2) is 12.1. The highest BCUT2D eigenvalue weighted by Gasteiger charge is 2.26. The van der Waals surface area contributed by atoms with Crippen LogP contribution in [0.5, 0.6) is 17.2 Å². The Labute approximate surface area is 203 Å². The van der Waals surface area contributed by atoms with E-state index in [9.17, 15) is 4.79 Å². The molecule has 0 bridgehead atoms. The van der Waals surface area contributed by atoms with E-state index >= 15 is 0 Å². The van der Waals surface area contributed by atoms with Crippen LogP contribution in [0.15, 0.2) is 48.5 Å². The number of para-hydroxylation sites is 2. The van der Waals surface area contributed by atoms with E-state index < -0.39 is 0 Å². The Morgan fingerprint density at radius 3 is 2.21 bits per heavy atom. The minimum atomic E-state index is 0.162. The molecule has 1 amide bonds. The maximum Gasteiger partial charge on any atom is 0.236 e. The summed E-state index contributed by atoms with van der Waals surface area (Å²) in [5.41, 5.74) is 1.27. The van der Waals surface area contributed by atoms with Crippen LogP contribution in [0.1, 0.15) is 25.3 Å². The zero-order valence-electron chi connectivity index (χ0n) is 20.4. The molecular weight excluding hydrogens is 430 g/mol. The van der Waals surface area contributed by atoms with Crippen molar-refractivity contribution in [3.63, 3.8) is 0 Å². The van der Waals surface area contributed by atoms with Gasteiger partial charge in [-0.25, -0.2) is 0 Å². The monoisotopic (exact) mass is 467 g/mol. The van der Waals surface area contributed by atoms with Gasteiger partial charge in [-0.15, -0.1) is 0 Å². The molecule has 0 saturated carbocycles. The Morgan fingerprint density at radius 2 is 1.56 bits per heavy atom. The van der Waals surface area contributed by atoms with Crippen LogP contribution in [0, 0.1) is 0 Å². The van der Waals surface area contributed by atoms with Gasteiger partial charge in [-0.1, -0.05) is 24.3 Å². The maximum absolute atomic E-state index is 12.9. The summed E-state index contributed by atoms with van der Waals surface area (Å²) in [5, 5.41) is 0. The molecule has 0 unspecified atom stereocenters. The number of amides is 1. The average Bonchev–Trinajstić information content (AvgIpc) is 2.87. The summed E-state index contributed by atoms with van der Waals surface area (Å²) in [4.78, 5) is 19.6. The van der Waals surface area contributed by atoms with Crippen LogP contribution in [0.3, 0.4) is 0 Å². The van der Waals surface area contributed by atoms with Gasteiger partial charge in [0, 0.05) is 45.8 Å². The quantitative estimate of drug-likeness (QED) is 0.564. The topological polar surface area (TPSA) is 54.5 Å². The lowest BCUT2D eigenvalue weighted by Gasteiger charge is -2.37. The number of carbonyl (C=O) groups excluding carboxylic acids is 1. The molecule has 4 rings (SSSR count). The smallest absolute Gasteiger partial charge is 0.236 e. The molecule has 2 aromatic rings. The van der Waals surface area contributed by atoms with E-state index in [1.807, 2.05) is 48.2 Å². The van der Waals surface area contributed by atoms with Crippen molar-refractivity contribution in [2.24, 2.45) is 0 Å². The van der Waals surface area contributed by atoms with E-state index in [-0.39, 0.29) is 12.0 Å². The van der Waals surface area contributed by atoms with Crippen molar-refractivity contribution in [2.75, 3.05) is 59.5 Å². The normalized spacial score (nSPS) is 18.0. The van der Waals surface area contributed by atoms with Gasteiger partial charge in [-0.05, 0) is 49.6 Å². The van der Waals surface area contributed by atoms with Crippen molar-refractivity contribution in [3.8, 4) is 17.2 Å². The number of ether oxygens (including phenoxy) is 3. The van der Waals surface area contributed by atoms with Crippen LogP contribution in [-0.2, 0) is 11.3 Å². The molecule has 0 N–H and O–H groups in total. The average molecular weight is 468 g/mol. The number of benzene rings is 2. The molecule has 2 aromatic carbocycles. The summed E-state index contributed by atoms with van der Waals surface area (Å²) in [6.45, 7) is 9.18. The fourth-order valence-electron chi connectivity index (χ4n) is 4.62. The van der Waals surface area contributed by atoms with Gasteiger partial charge in [-0.2, -0.15) is 0 Å². The van der Waals surface area contributed by atoms with Crippen molar-refractivity contribution in [1.29, 1.82) is 0 Å². The lowest BCUT2D eigenvalue weighted by Crippen LogP contribution is -2.51. The number of likely N-dealkylation sites (tertiary alicyclic amines) is 1. The molecule has 7 nitrogen and oxygen atoms in total. The van der Waals surface area contributed by atoms with Gasteiger partial charge in [0.15, 0.2) is 11.5 Å². The standard InChI is InChI=1S/C27H37N3O4/c1-3-33-25-6-4-5-7-26(25)34-24-12-14-28(15-13-24)21-27(31)30-18-16-29(17-19-30)20-22-8-10-23(32-2)11-9-22/h4-11,24H,3,12-21H2,1-2H3. The van der Waals surface area contributed by atoms with E-state index in [1.54, 1.807) is 7.11 Å². The Kier molecular flexibility index (Phi) is 8.66. The fraction of sp³-hybridized carbons (Fsp3) is 0.519. The SMILES string of the molecule is CCOc1ccccc1OC1CCN(CC(=O)N2CCN(Cc3ccc(OC)cc3)CC2)CC1. The summed E-state index contributed by atoms with van der Waals surface area (Å²) < 4.78 is 17.1. The van der Waals surface area contributed by atoms with E-state index in [0.29, 0.717) is 13.2 Å². The van der Waals surface area contributed by atoms with Gasteiger partial charge in [0.1, 0.15) is 11.9 Å². The van der Waals surface area contributed by atoms with Crippen molar-refractivity contribution in [2.45, 2.75) is 32.4 Å². The largest absolute Gasteiger partial charge is 0.497 e. The van der Waals surface area contributed by atoms with Crippen molar-refractivity contribution in [3.05, 3.63) is 54.1 Å². The van der Waals surface area contributed by atoms with Crippen LogP contribution in [0.4, 0.5) is 0 Å². The molecule has 0 aromatic heterocycles. The third-order valence-corrected chi connectivity index (χ3v) is 6.63. The summed E-state index contributed by atoms with van der Waals surface area (Å²) >= 11 is 0. The number of piperazine rings is 1. The second-order valence-corrected chi connectivity index (χ2v) is 8.98. The molecule has 2 aliphatic heterocycles. The Balaban J connectivity index is 1.17. The highest BCUT2D eigenvalue weighted by atomic mass is 16.5. The van der Waals surface area contributed by atoms with Crippen LogP contribution >= 0.6 is 0 Å². The highest BCUT2D eigenvalue weighted by Crippen LogP contribution is 2.29. The van der Waals surface area contributed by atoms with Gasteiger partial charge in [0.25, 0.3) is 0 Å². The summed E-state index contributed by atoms with van der Waals surface area (Å²) in [6.07, 6.45) is 2.00. The number of nitrogens with zero attached hydrogens (tertiary/aromatic N) is 3. The van der Waals surface area contributed by atoms with Crippen LogP contribution < -0.4 is 14.2 Å². The zero-order valence-corrected chi connectivity index (χ0v) is 20.4. The maximum atomic E-state index is 12.9. The molecule has 2 heterocycles. The first kappa shape index (κ1) is 24.4. The first-order chi connectivity index (χ1) is 16.6. The molecule has 184 valence electrons. The molecule has 2 saturated heterocycles. The van der Waals surface area contributed by atoms with Gasteiger partial charge in [0.05, 0.1) is 20.3 Å². The van der Waals surface area contributed by atoms with E-state index in [2.05, 4.69) is 21.9 Å². The first-order valence-corrected chi connectivity index (χ1v) is 12.4. The minimum absolute atomic E-state index is 0.162. The molecule has 2 fully saturated rings. The van der Waals surface area contributed by atoms with Gasteiger partial charge < -0.3 is 19.1 Å². The van der Waals surface area contributed by atoms with Gasteiger partial charge in [-0.3, -0.25) is 14.6 Å². The Hall–Kier alpha value is -2.77. The van der Waals surface area contributed by atoms with Gasteiger partial charge in [0.2, 0.25) is 5.91 Å². The molecule has 34 heavy (non-hydrogen) atoms. The van der Waals surface area contributed by atoms with Crippen molar-refractivity contribution >= 4 is 5.91 Å². The number of hydrogen-bond acceptors (Lipinski definition) is 6. The lowest BCUT2D eigenvalue weighted by atomic mass is 10.1. The summed E-state index contributed by atoms with van der Waals surface area (Å²) in [6, 6.07) is 16.1.